The second-order valence-corrected chi connectivity index (χ2v) is 8.47. The number of rotatable bonds is 3. The minimum Gasteiger partial charge on any atom is -0.492 e. The van der Waals surface area contributed by atoms with Crippen LogP contribution in [-0.4, -0.2) is 49.3 Å². The maximum absolute atomic E-state index is 14.4. The fourth-order valence-electron chi connectivity index (χ4n) is 4.70. The Kier molecular flexibility index (Phi) is 6.35. The van der Waals surface area contributed by atoms with Gasteiger partial charge in [0, 0.05) is 43.1 Å². The molecule has 2 aliphatic rings. The third-order valence-corrected chi connectivity index (χ3v) is 6.35. The zero-order valence-corrected chi connectivity index (χ0v) is 19.0. The van der Waals surface area contributed by atoms with Gasteiger partial charge < -0.3 is 30.4 Å². The van der Waals surface area contributed by atoms with Gasteiger partial charge in [-0.05, 0) is 31.0 Å². The first-order valence-electron chi connectivity index (χ1n) is 11.6. The molecule has 2 aromatic heterocycles. The van der Waals surface area contributed by atoms with Gasteiger partial charge in [-0.3, -0.25) is 9.78 Å². The number of hydrogen-bond donors (Lipinski definition) is 4. The van der Waals surface area contributed by atoms with Crippen molar-refractivity contribution in [3.63, 3.8) is 0 Å². The Hall–Kier alpha value is -3.59. The van der Waals surface area contributed by atoms with E-state index < -0.39 is 5.82 Å². The molecule has 4 heterocycles. The van der Waals surface area contributed by atoms with Crippen molar-refractivity contribution in [2.45, 2.75) is 25.2 Å². The van der Waals surface area contributed by atoms with Crippen LogP contribution >= 0.6 is 0 Å². The number of nitrogens with zero attached hydrogens (tertiary/aromatic N) is 1. The number of fused-ring (bicyclic) bond motifs is 3. The number of halogens is 1. The summed E-state index contributed by atoms with van der Waals surface area (Å²) in [5, 5.41) is 9.74. The van der Waals surface area contributed by atoms with Crippen LogP contribution in [0.3, 0.4) is 0 Å². The average Bonchev–Trinajstić information content (AvgIpc) is 3.22. The first kappa shape index (κ1) is 22.2. The quantitative estimate of drug-likeness (QED) is 0.457. The predicted molar refractivity (Wildman–Crippen MR) is 128 cm³/mol. The van der Waals surface area contributed by atoms with Crippen LogP contribution in [0.25, 0.3) is 11.3 Å². The smallest absolute Gasteiger partial charge is 0.255 e. The molecule has 2 aliphatic heterocycles. The molecule has 0 radical (unpaired) electrons. The van der Waals surface area contributed by atoms with E-state index in [2.05, 4.69) is 25.9 Å². The van der Waals surface area contributed by atoms with Gasteiger partial charge in [0.2, 0.25) is 0 Å². The van der Waals surface area contributed by atoms with Crippen LogP contribution in [0.2, 0.25) is 0 Å². The summed E-state index contributed by atoms with van der Waals surface area (Å²) in [4.78, 5) is 21.0. The van der Waals surface area contributed by atoms with Gasteiger partial charge in [-0.15, -0.1) is 0 Å². The van der Waals surface area contributed by atoms with Gasteiger partial charge in [-0.2, -0.15) is 0 Å². The van der Waals surface area contributed by atoms with E-state index >= 15 is 0 Å². The van der Waals surface area contributed by atoms with Crippen molar-refractivity contribution in [2.24, 2.45) is 0 Å². The Morgan fingerprint density at radius 1 is 1.21 bits per heavy atom. The minimum absolute atomic E-state index is 0.0901. The Labute approximate surface area is 197 Å². The normalized spacial score (nSPS) is 18.2. The molecular weight excluding hydrogens is 437 g/mol. The number of H-pyrrole nitrogens is 1. The number of aromatic amines is 1. The molecule has 0 saturated carbocycles. The molecule has 178 valence electrons. The summed E-state index contributed by atoms with van der Waals surface area (Å²) in [5.41, 5.74) is 4.86. The first-order valence-corrected chi connectivity index (χ1v) is 11.6. The third-order valence-electron chi connectivity index (χ3n) is 6.35. The molecule has 34 heavy (non-hydrogen) atoms. The first-order chi connectivity index (χ1) is 16.7. The molecule has 4 N–H and O–H groups in total. The summed E-state index contributed by atoms with van der Waals surface area (Å²) in [6, 6.07) is 6.58. The highest BCUT2D eigenvalue weighted by atomic mass is 19.1. The van der Waals surface area contributed by atoms with E-state index in [0.717, 1.165) is 41.9 Å². The maximum atomic E-state index is 14.4. The Balaban J connectivity index is 1.69. The molecule has 1 aromatic carbocycles. The molecule has 1 amide bonds. The number of benzene rings is 1. The van der Waals surface area contributed by atoms with Crippen molar-refractivity contribution < 1.29 is 18.7 Å². The fraction of sp³-hybridized carbons (Fsp3) is 0.360. The Morgan fingerprint density at radius 3 is 3.00 bits per heavy atom. The fourth-order valence-corrected chi connectivity index (χ4v) is 4.70. The third kappa shape index (κ3) is 4.19. The number of anilines is 3. The number of hydrogen-bond acceptors (Lipinski definition) is 6. The number of pyridine rings is 1. The van der Waals surface area contributed by atoms with Crippen molar-refractivity contribution in [1.29, 1.82) is 0 Å². The number of methoxy groups -OCH3 is 1. The highest BCUT2D eigenvalue weighted by molar-refractivity contribution is 6.07. The summed E-state index contributed by atoms with van der Waals surface area (Å²) in [6.45, 7) is 2.49. The lowest BCUT2D eigenvalue weighted by Gasteiger charge is -2.24. The topological polar surface area (TPSA) is 100 Å². The van der Waals surface area contributed by atoms with Crippen LogP contribution in [0, 0.1) is 5.82 Å². The zero-order valence-electron chi connectivity index (χ0n) is 19.0. The van der Waals surface area contributed by atoms with E-state index in [1.165, 1.54) is 13.2 Å². The second kappa shape index (κ2) is 9.72. The summed E-state index contributed by atoms with van der Waals surface area (Å²) in [5.74, 6) is -0.418. The number of carbonyl (C=O) groups excluding carboxylic acids is 1. The van der Waals surface area contributed by atoms with Crippen LogP contribution in [-0.2, 0) is 4.74 Å². The molecule has 0 saturated heterocycles. The maximum Gasteiger partial charge on any atom is 0.255 e. The van der Waals surface area contributed by atoms with E-state index in [0.29, 0.717) is 43.2 Å². The van der Waals surface area contributed by atoms with Crippen LogP contribution in [0.1, 0.15) is 41.2 Å². The van der Waals surface area contributed by atoms with E-state index in [-0.39, 0.29) is 17.6 Å². The minimum atomic E-state index is -0.481. The molecular formula is C25H28FN5O3. The second-order valence-electron chi connectivity index (χ2n) is 8.47. The van der Waals surface area contributed by atoms with Gasteiger partial charge in [0.15, 0.2) is 11.6 Å². The zero-order chi connectivity index (χ0) is 23.5. The van der Waals surface area contributed by atoms with E-state index in [1.807, 2.05) is 6.07 Å². The van der Waals surface area contributed by atoms with Gasteiger partial charge in [-0.25, -0.2) is 4.39 Å². The summed E-state index contributed by atoms with van der Waals surface area (Å²) < 4.78 is 25.5. The standard InChI is InChI=1S/C25H28FN5O3/c1-33-24-17(26)6-4-7-18(24)30-23-20-21-15(13-29-25(20)32)5-2-3-11-34-12-10-28-19-14-27-9-8-16(19)22(23)31-21/h4,6-9,14-15,28,30-31H,2-3,5,10-13H2,1H3,(H,29,32). The van der Waals surface area contributed by atoms with E-state index in [9.17, 15) is 9.18 Å². The molecule has 2 bridgehead atoms. The predicted octanol–water partition coefficient (Wildman–Crippen LogP) is 4.41. The average molecular weight is 466 g/mol. The molecule has 8 nitrogen and oxygen atoms in total. The van der Waals surface area contributed by atoms with Crippen LogP contribution in [0.4, 0.5) is 21.5 Å². The molecule has 0 spiro atoms. The molecule has 5 rings (SSSR count). The van der Waals surface area contributed by atoms with E-state index in [1.54, 1.807) is 24.5 Å². The number of nitrogens with one attached hydrogen (secondary N) is 4. The number of para-hydroxylation sites is 1. The summed E-state index contributed by atoms with van der Waals surface area (Å²) in [6.07, 6.45) is 6.33. The van der Waals surface area contributed by atoms with Crippen LogP contribution in [0.15, 0.2) is 36.7 Å². The highest BCUT2D eigenvalue weighted by Crippen LogP contribution is 2.44. The lowest BCUT2D eigenvalue weighted by atomic mass is 9.91. The van der Waals surface area contributed by atoms with Crippen molar-refractivity contribution >= 4 is 23.0 Å². The number of amides is 1. The van der Waals surface area contributed by atoms with Gasteiger partial charge in [0.1, 0.15) is 0 Å². The van der Waals surface area contributed by atoms with Gasteiger partial charge in [-0.1, -0.05) is 12.5 Å². The Bertz CT molecular complexity index is 1200. The van der Waals surface area contributed by atoms with Gasteiger partial charge in [0.25, 0.3) is 5.91 Å². The van der Waals surface area contributed by atoms with Gasteiger partial charge in [0.05, 0.1) is 48.2 Å². The van der Waals surface area contributed by atoms with Gasteiger partial charge >= 0.3 is 0 Å². The number of ether oxygens (including phenoxy) is 2. The summed E-state index contributed by atoms with van der Waals surface area (Å²) in [7, 11) is 1.42. The van der Waals surface area contributed by atoms with Crippen molar-refractivity contribution in [2.75, 3.05) is 44.0 Å². The monoisotopic (exact) mass is 465 g/mol. The lowest BCUT2D eigenvalue weighted by Crippen LogP contribution is -2.35. The van der Waals surface area contributed by atoms with E-state index in [4.69, 9.17) is 9.47 Å². The number of aromatic nitrogens is 2. The molecule has 1 unspecified atom stereocenters. The van der Waals surface area contributed by atoms with Crippen molar-refractivity contribution in [3.8, 4) is 17.0 Å². The molecule has 3 aromatic rings. The van der Waals surface area contributed by atoms with Crippen LogP contribution < -0.4 is 20.7 Å². The van der Waals surface area contributed by atoms with Crippen molar-refractivity contribution in [3.05, 3.63) is 53.7 Å². The Morgan fingerprint density at radius 2 is 2.12 bits per heavy atom. The van der Waals surface area contributed by atoms with Crippen LogP contribution in [0.5, 0.6) is 5.75 Å². The molecule has 9 heteroatoms. The number of carbonyl (C=O) groups is 1. The van der Waals surface area contributed by atoms with Crippen molar-refractivity contribution in [1.82, 2.24) is 15.3 Å². The SMILES string of the molecule is COc1c(F)cccc1Nc1c2[nH]c3c1C(=O)NCC3CCCCOCCNc1cnccc1-2. The molecule has 0 aliphatic carbocycles. The highest BCUT2D eigenvalue weighted by Gasteiger charge is 2.33. The molecule has 1 atom stereocenters. The lowest BCUT2D eigenvalue weighted by molar-refractivity contribution is 0.0939. The summed E-state index contributed by atoms with van der Waals surface area (Å²) >= 11 is 0. The molecule has 0 fully saturated rings. The largest absolute Gasteiger partial charge is 0.492 e.